The van der Waals surface area contributed by atoms with E-state index >= 15 is 0 Å². The molecule has 0 aliphatic rings. The average molecular weight is 290 g/mol. The number of H-pyrrole nitrogens is 2. The summed E-state index contributed by atoms with van der Waals surface area (Å²) in [6.07, 6.45) is 0.971. The Morgan fingerprint density at radius 2 is 1.62 bits per heavy atom. The maximum Gasteiger partial charge on any atom is 0.325 e. The largest absolute Gasteiger partial charge is 0.497 e. The fourth-order valence-corrected chi connectivity index (χ4v) is 2.26. The number of ether oxygens (including phenoxy) is 2. The molecule has 112 valence electrons. The summed E-state index contributed by atoms with van der Waals surface area (Å²) in [5.74, 6) is 1.32. The lowest BCUT2D eigenvalue weighted by molar-refractivity contribution is 0.393. The molecule has 0 aliphatic carbocycles. The van der Waals surface area contributed by atoms with Crippen LogP contribution in [0.2, 0.25) is 0 Å². The molecule has 21 heavy (non-hydrogen) atoms. The van der Waals surface area contributed by atoms with Gasteiger partial charge in [0.15, 0.2) is 0 Å². The molecule has 0 saturated heterocycles. The van der Waals surface area contributed by atoms with Crippen molar-refractivity contribution in [3.8, 4) is 11.5 Å². The summed E-state index contributed by atoms with van der Waals surface area (Å²) >= 11 is 0. The van der Waals surface area contributed by atoms with E-state index in [2.05, 4.69) is 9.97 Å². The fraction of sp³-hybridized carbons (Fsp3) is 0.333. The lowest BCUT2D eigenvalue weighted by Crippen LogP contribution is -2.28. The zero-order valence-corrected chi connectivity index (χ0v) is 12.3. The van der Waals surface area contributed by atoms with E-state index in [1.54, 1.807) is 20.3 Å². The second-order valence-corrected chi connectivity index (χ2v) is 4.62. The van der Waals surface area contributed by atoms with Crippen LogP contribution in [0.15, 0.2) is 27.8 Å². The van der Waals surface area contributed by atoms with E-state index in [1.165, 1.54) is 0 Å². The van der Waals surface area contributed by atoms with Gasteiger partial charge >= 0.3 is 5.69 Å². The molecule has 0 atom stereocenters. The molecule has 1 aromatic heterocycles. The monoisotopic (exact) mass is 290 g/mol. The molecule has 2 rings (SSSR count). The number of hydrogen-bond acceptors (Lipinski definition) is 4. The molecule has 2 N–H and O–H groups in total. The zero-order valence-electron chi connectivity index (χ0n) is 12.3. The predicted octanol–water partition coefficient (Wildman–Crippen LogP) is 1.23. The molecule has 0 radical (unpaired) electrons. The summed E-state index contributed by atoms with van der Waals surface area (Å²) < 4.78 is 10.4. The summed E-state index contributed by atoms with van der Waals surface area (Å²) in [6.45, 7) is 1.87. The fourth-order valence-electron chi connectivity index (χ4n) is 2.26. The Morgan fingerprint density at radius 1 is 1.00 bits per heavy atom. The Labute approximate surface area is 121 Å². The van der Waals surface area contributed by atoms with Gasteiger partial charge in [-0.2, -0.15) is 0 Å². The predicted molar refractivity (Wildman–Crippen MR) is 79.4 cm³/mol. The molecular weight excluding hydrogens is 272 g/mol. The van der Waals surface area contributed by atoms with Crippen LogP contribution in [0.4, 0.5) is 0 Å². The lowest BCUT2D eigenvalue weighted by Gasteiger charge is -2.10. The van der Waals surface area contributed by atoms with E-state index < -0.39 is 5.69 Å². The molecule has 6 nitrogen and oxygen atoms in total. The third kappa shape index (κ3) is 3.34. The van der Waals surface area contributed by atoms with E-state index in [4.69, 9.17) is 9.47 Å². The number of methoxy groups -OCH3 is 2. The van der Waals surface area contributed by atoms with Crippen molar-refractivity contribution in [2.75, 3.05) is 14.2 Å². The minimum absolute atomic E-state index is 0.342. The van der Waals surface area contributed by atoms with Crippen LogP contribution in [0.5, 0.6) is 11.5 Å². The van der Waals surface area contributed by atoms with E-state index in [0.717, 1.165) is 5.56 Å². The third-order valence-corrected chi connectivity index (χ3v) is 3.28. The standard InChI is InChI=1S/C15H18N2O4/c1-4-12-13(16-15(19)17-14(12)18)7-9-5-10(20-2)8-11(6-9)21-3/h5-6,8H,4,7H2,1-3H3,(H2,16,17,18,19). The number of hydrogen-bond donors (Lipinski definition) is 2. The second-order valence-electron chi connectivity index (χ2n) is 4.62. The number of rotatable bonds is 5. The molecule has 0 spiro atoms. The van der Waals surface area contributed by atoms with Crippen LogP contribution >= 0.6 is 0 Å². The summed E-state index contributed by atoms with van der Waals surface area (Å²) in [7, 11) is 3.15. The minimum Gasteiger partial charge on any atom is -0.497 e. The van der Waals surface area contributed by atoms with Gasteiger partial charge in [0.05, 0.1) is 14.2 Å². The van der Waals surface area contributed by atoms with Crippen molar-refractivity contribution in [3.05, 3.63) is 55.9 Å². The van der Waals surface area contributed by atoms with Crippen molar-refractivity contribution in [3.63, 3.8) is 0 Å². The number of nitrogens with one attached hydrogen (secondary N) is 2. The third-order valence-electron chi connectivity index (χ3n) is 3.28. The van der Waals surface area contributed by atoms with Crippen molar-refractivity contribution < 1.29 is 9.47 Å². The van der Waals surface area contributed by atoms with Gasteiger partial charge in [-0.1, -0.05) is 6.92 Å². The molecular formula is C15H18N2O4. The average Bonchev–Trinajstić information content (AvgIpc) is 2.46. The van der Waals surface area contributed by atoms with Crippen molar-refractivity contribution in [1.82, 2.24) is 9.97 Å². The van der Waals surface area contributed by atoms with Gasteiger partial charge < -0.3 is 14.5 Å². The topological polar surface area (TPSA) is 84.2 Å². The van der Waals surface area contributed by atoms with Gasteiger partial charge in [0.2, 0.25) is 0 Å². The first-order chi connectivity index (χ1) is 10.1. The van der Waals surface area contributed by atoms with Crippen LogP contribution in [0, 0.1) is 0 Å². The highest BCUT2D eigenvalue weighted by atomic mass is 16.5. The van der Waals surface area contributed by atoms with Crippen molar-refractivity contribution in [2.24, 2.45) is 0 Å². The first kappa shape index (κ1) is 14.9. The van der Waals surface area contributed by atoms with Crippen molar-refractivity contribution >= 4 is 0 Å². The normalized spacial score (nSPS) is 10.4. The maximum absolute atomic E-state index is 11.8. The molecule has 6 heteroatoms. The van der Waals surface area contributed by atoms with E-state index in [-0.39, 0.29) is 5.56 Å². The van der Waals surface area contributed by atoms with Crippen LogP contribution in [-0.2, 0) is 12.8 Å². The van der Waals surface area contributed by atoms with Gasteiger partial charge in [0.1, 0.15) is 11.5 Å². The highest BCUT2D eigenvalue weighted by Gasteiger charge is 2.10. The quantitative estimate of drug-likeness (QED) is 0.867. The Hall–Kier alpha value is -2.50. The number of aromatic amines is 2. The van der Waals surface area contributed by atoms with Crippen LogP contribution in [0.3, 0.4) is 0 Å². The summed E-state index contributed by atoms with van der Waals surface area (Å²) in [6, 6.07) is 5.47. The molecule has 2 aromatic rings. The minimum atomic E-state index is -0.498. The van der Waals surface area contributed by atoms with Crippen LogP contribution < -0.4 is 20.7 Å². The van der Waals surface area contributed by atoms with Gasteiger partial charge in [0, 0.05) is 23.7 Å². The van der Waals surface area contributed by atoms with Gasteiger partial charge in [-0.05, 0) is 24.1 Å². The molecule has 0 aliphatic heterocycles. The maximum atomic E-state index is 11.8. The highest BCUT2D eigenvalue weighted by molar-refractivity contribution is 5.40. The van der Waals surface area contributed by atoms with Crippen molar-refractivity contribution in [1.29, 1.82) is 0 Å². The molecule has 1 aromatic carbocycles. The molecule has 1 heterocycles. The second kappa shape index (κ2) is 6.30. The van der Waals surface area contributed by atoms with Crippen molar-refractivity contribution in [2.45, 2.75) is 19.8 Å². The van der Waals surface area contributed by atoms with Crippen LogP contribution in [-0.4, -0.2) is 24.2 Å². The van der Waals surface area contributed by atoms with Gasteiger partial charge in [0.25, 0.3) is 5.56 Å². The molecule has 0 unspecified atom stereocenters. The summed E-state index contributed by atoms with van der Waals surface area (Å²) in [5.41, 5.74) is 1.24. The van der Waals surface area contributed by atoms with Crippen LogP contribution in [0.1, 0.15) is 23.7 Å². The number of benzene rings is 1. The molecule has 0 saturated carbocycles. The Kier molecular flexibility index (Phi) is 4.47. The van der Waals surface area contributed by atoms with E-state index in [0.29, 0.717) is 35.6 Å². The van der Waals surface area contributed by atoms with Crippen LogP contribution in [0.25, 0.3) is 0 Å². The smallest absolute Gasteiger partial charge is 0.325 e. The van der Waals surface area contributed by atoms with E-state index in [1.807, 2.05) is 19.1 Å². The highest BCUT2D eigenvalue weighted by Crippen LogP contribution is 2.24. The zero-order chi connectivity index (χ0) is 15.4. The Balaban J connectivity index is 2.47. The first-order valence-corrected chi connectivity index (χ1v) is 6.63. The molecule has 0 bridgehead atoms. The molecule has 0 amide bonds. The molecule has 0 fully saturated rings. The SMILES string of the molecule is CCc1c(Cc2cc(OC)cc(OC)c2)[nH]c(=O)[nH]c1=O. The van der Waals surface area contributed by atoms with E-state index in [9.17, 15) is 9.59 Å². The Morgan fingerprint density at radius 3 is 2.14 bits per heavy atom. The summed E-state index contributed by atoms with van der Waals surface area (Å²) in [4.78, 5) is 28.2. The number of aromatic nitrogens is 2. The van der Waals surface area contributed by atoms with Gasteiger partial charge in [-0.15, -0.1) is 0 Å². The first-order valence-electron chi connectivity index (χ1n) is 6.63. The lowest BCUT2D eigenvalue weighted by atomic mass is 10.0. The Bertz CT molecular complexity index is 724. The summed E-state index contributed by atoms with van der Waals surface area (Å²) in [5, 5.41) is 0. The van der Waals surface area contributed by atoms with Gasteiger partial charge in [-0.3, -0.25) is 9.78 Å². The van der Waals surface area contributed by atoms with Gasteiger partial charge in [-0.25, -0.2) is 4.79 Å².